The Balaban J connectivity index is 1.50. The second kappa shape index (κ2) is 8.06. The van der Waals surface area contributed by atoms with Gasteiger partial charge in [-0.1, -0.05) is 6.42 Å². The maximum absolute atomic E-state index is 13.1. The molecule has 0 radical (unpaired) electrons. The summed E-state index contributed by atoms with van der Waals surface area (Å²) >= 11 is 0. The SMILES string of the molecule is CCn1c(Cn2nc(-c3ccco3)oc2=O)nc2cc(S(=O)(=O)N3CCCCC3)ccc21. The summed E-state index contributed by atoms with van der Waals surface area (Å²) < 4.78 is 41.2. The zero-order valence-electron chi connectivity index (χ0n) is 17.6. The van der Waals surface area contributed by atoms with Crippen molar-refractivity contribution in [3.63, 3.8) is 0 Å². The Labute approximate surface area is 184 Å². The lowest BCUT2D eigenvalue weighted by atomic mass is 10.2. The number of benzene rings is 1. The van der Waals surface area contributed by atoms with Crippen LogP contribution in [0.1, 0.15) is 32.0 Å². The summed E-state index contributed by atoms with van der Waals surface area (Å²) in [5.41, 5.74) is 1.35. The Morgan fingerprint density at radius 2 is 1.94 bits per heavy atom. The lowest BCUT2D eigenvalue weighted by Crippen LogP contribution is -2.35. The molecule has 1 aliphatic heterocycles. The summed E-state index contributed by atoms with van der Waals surface area (Å²) in [5, 5.41) is 4.20. The van der Waals surface area contributed by atoms with Gasteiger partial charge in [-0.15, -0.1) is 5.10 Å². The Kier molecular flexibility index (Phi) is 5.22. The molecule has 0 N–H and O–H groups in total. The number of fused-ring (bicyclic) bond motifs is 1. The van der Waals surface area contributed by atoms with Crippen LogP contribution in [0.5, 0.6) is 0 Å². The summed E-state index contributed by atoms with van der Waals surface area (Å²) in [6.45, 7) is 3.73. The molecule has 3 aromatic heterocycles. The number of aryl methyl sites for hydroxylation is 1. The van der Waals surface area contributed by atoms with Gasteiger partial charge in [0.2, 0.25) is 10.0 Å². The Bertz CT molecular complexity index is 1410. The fourth-order valence-corrected chi connectivity index (χ4v) is 5.63. The predicted octanol–water partition coefficient (Wildman–Crippen LogP) is 2.69. The van der Waals surface area contributed by atoms with Crippen molar-refractivity contribution in [2.75, 3.05) is 13.1 Å². The van der Waals surface area contributed by atoms with Gasteiger partial charge in [0.05, 0.1) is 22.2 Å². The van der Waals surface area contributed by atoms with Gasteiger partial charge >= 0.3 is 5.76 Å². The molecular formula is C21H23N5O5S. The molecule has 4 aromatic rings. The van der Waals surface area contributed by atoms with Crippen LogP contribution >= 0.6 is 0 Å². The number of rotatable bonds is 6. The van der Waals surface area contributed by atoms with E-state index in [9.17, 15) is 13.2 Å². The van der Waals surface area contributed by atoms with Gasteiger partial charge in [0, 0.05) is 19.6 Å². The van der Waals surface area contributed by atoms with Crippen molar-refractivity contribution in [3.8, 4) is 11.7 Å². The molecular weight excluding hydrogens is 434 g/mol. The standard InChI is InChI=1S/C21H23N5O5S/c1-2-25-17-9-8-15(32(28,29)24-10-4-3-5-11-24)13-16(17)22-19(25)14-26-21(27)31-20(23-26)18-7-6-12-30-18/h6-9,12-13H,2-5,10-11,14H2,1H3. The highest BCUT2D eigenvalue weighted by atomic mass is 32.2. The van der Waals surface area contributed by atoms with Crippen LogP contribution in [0.4, 0.5) is 0 Å². The molecule has 0 bridgehead atoms. The van der Waals surface area contributed by atoms with Crippen LogP contribution in [-0.2, 0) is 23.1 Å². The molecule has 5 rings (SSSR count). The van der Waals surface area contributed by atoms with Crippen molar-refractivity contribution in [1.29, 1.82) is 0 Å². The monoisotopic (exact) mass is 457 g/mol. The van der Waals surface area contributed by atoms with Crippen LogP contribution < -0.4 is 5.76 Å². The average Bonchev–Trinajstić information content (AvgIpc) is 3.53. The van der Waals surface area contributed by atoms with Crippen molar-refractivity contribution < 1.29 is 17.3 Å². The topological polar surface area (TPSA) is 116 Å². The first-order valence-corrected chi connectivity index (χ1v) is 12.0. The van der Waals surface area contributed by atoms with Gasteiger partial charge in [-0.2, -0.15) is 8.99 Å². The smallest absolute Gasteiger partial charge is 0.437 e. The highest BCUT2D eigenvalue weighted by Crippen LogP contribution is 2.25. The molecule has 10 nitrogen and oxygen atoms in total. The minimum absolute atomic E-state index is 0.0831. The summed E-state index contributed by atoms with van der Waals surface area (Å²) in [4.78, 5) is 17.1. The van der Waals surface area contributed by atoms with E-state index in [1.54, 1.807) is 34.6 Å². The fraction of sp³-hybridized carbons (Fsp3) is 0.381. The zero-order valence-corrected chi connectivity index (χ0v) is 18.4. The van der Waals surface area contributed by atoms with Crippen molar-refractivity contribution in [2.45, 2.75) is 44.2 Å². The first-order chi connectivity index (χ1) is 15.5. The van der Waals surface area contributed by atoms with Gasteiger partial charge in [-0.05, 0) is 50.1 Å². The molecule has 0 amide bonds. The van der Waals surface area contributed by atoms with E-state index in [1.165, 1.54) is 10.9 Å². The molecule has 0 saturated carbocycles. The fourth-order valence-electron chi connectivity index (χ4n) is 4.09. The molecule has 4 heterocycles. The average molecular weight is 458 g/mol. The minimum Gasteiger partial charge on any atom is -0.459 e. The molecule has 0 unspecified atom stereocenters. The number of furan rings is 1. The maximum Gasteiger partial charge on any atom is 0.437 e. The molecule has 1 aromatic carbocycles. The normalized spacial score (nSPS) is 15.5. The second-order valence-corrected chi connectivity index (χ2v) is 9.63. The number of hydrogen-bond acceptors (Lipinski definition) is 7. The van der Waals surface area contributed by atoms with Gasteiger partial charge in [-0.3, -0.25) is 0 Å². The van der Waals surface area contributed by atoms with Gasteiger partial charge in [0.15, 0.2) is 5.76 Å². The number of nitrogens with zero attached hydrogens (tertiary/aromatic N) is 5. The van der Waals surface area contributed by atoms with Crippen LogP contribution in [0.25, 0.3) is 22.7 Å². The first-order valence-electron chi connectivity index (χ1n) is 10.6. The van der Waals surface area contributed by atoms with Gasteiger partial charge in [0.25, 0.3) is 5.89 Å². The molecule has 168 valence electrons. The number of aromatic nitrogens is 4. The molecule has 1 aliphatic rings. The van der Waals surface area contributed by atoms with E-state index in [1.807, 2.05) is 11.5 Å². The molecule has 32 heavy (non-hydrogen) atoms. The van der Waals surface area contributed by atoms with Crippen LogP contribution in [0.2, 0.25) is 0 Å². The highest BCUT2D eigenvalue weighted by molar-refractivity contribution is 7.89. The molecule has 0 aliphatic carbocycles. The minimum atomic E-state index is -3.56. The van der Waals surface area contributed by atoms with Crippen molar-refractivity contribution >= 4 is 21.1 Å². The number of piperidine rings is 1. The quantitative estimate of drug-likeness (QED) is 0.437. The molecule has 11 heteroatoms. The molecule has 0 spiro atoms. The summed E-state index contributed by atoms with van der Waals surface area (Å²) in [5.74, 6) is 0.405. The van der Waals surface area contributed by atoms with E-state index in [4.69, 9.17) is 8.83 Å². The van der Waals surface area contributed by atoms with Crippen LogP contribution in [0.3, 0.4) is 0 Å². The van der Waals surface area contributed by atoms with Gasteiger partial charge in [-0.25, -0.2) is 18.2 Å². The Morgan fingerprint density at radius 3 is 2.66 bits per heavy atom. The Hall–Kier alpha value is -3.18. The lowest BCUT2D eigenvalue weighted by molar-refractivity contribution is 0.346. The summed E-state index contributed by atoms with van der Waals surface area (Å²) in [7, 11) is -3.56. The third-order valence-corrected chi connectivity index (χ3v) is 7.59. The number of sulfonamides is 1. The van der Waals surface area contributed by atoms with Crippen molar-refractivity contribution in [2.24, 2.45) is 0 Å². The number of hydrogen-bond donors (Lipinski definition) is 0. The summed E-state index contributed by atoms with van der Waals surface area (Å²) in [6, 6.07) is 8.34. The molecule has 1 saturated heterocycles. The maximum atomic E-state index is 13.1. The first kappa shape index (κ1) is 20.7. The highest BCUT2D eigenvalue weighted by Gasteiger charge is 2.27. The molecule has 1 fully saturated rings. The van der Waals surface area contributed by atoms with E-state index >= 15 is 0 Å². The van der Waals surface area contributed by atoms with E-state index in [0.29, 0.717) is 36.7 Å². The van der Waals surface area contributed by atoms with E-state index in [-0.39, 0.29) is 17.3 Å². The molecule has 0 atom stereocenters. The zero-order chi connectivity index (χ0) is 22.3. The van der Waals surface area contributed by atoms with Crippen LogP contribution in [0.15, 0.2) is 55.1 Å². The Morgan fingerprint density at radius 1 is 1.12 bits per heavy atom. The van der Waals surface area contributed by atoms with Gasteiger partial charge in [0.1, 0.15) is 12.4 Å². The predicted molar refractivity (Wildman–Crippen MR) is 116 cm³/mol. The van der Waals surface area contributed by atoms with E-state index < -0.39 is 15.8 Å². The van der Waals surface area contributed by atoms with E-state index in [0.717, 1.165) is 24.8 Å². The van der Waals surface area contributed by atoms with Crippen LogP contribution in [0, 0.1) is 0 Å². The van der Waals surface area contributed by atoms with Gasteiger partial charge < -0.3 is 13.4 Å². The number of imidazole rings is 1. The largest absolute Gasteiger partial charge is 0.459 e. The summed E-state index contributed by atoms with van der Waals surface area (Å²) in [6.07, 6.45) is 4.28. The third kappa shape index (κ3) is 3.56. The van der Waals surface area contributed by atoms with Crippen molar-refractivity contribution in [3.05, 3.63) is 53.0 Å². The van der Waals surface area contributed by atoms with Crippen LogP contribution in [-0.4, -0.2) is 45.1 Å². The second-order valence-electron chi connectivity index (χ2n) is 7.70. The lowest BCUT2D eigenvalue weighted by Gasteiger charge is -2.25. The van der Waals surface area contributed by atoms with E-state index in [2.05, 4.69) is 10.1 Å². The third-order valence-electron chi connectivity index (χ3n) is 5.70. The van der Waals surface area contributed by atoms with Crippen molar-refractivity contribution in [1.82, 2.24) is 23.6 Å².